The Morgan fingerprint density at radius 2 is 2.21 bits per heavy atom. The molecule has 6 heteroatoms. The van der Waals surface area contributed by atoms with E-state index in [1.54, 1.807) is 13.3 Å². The molecule has 6 nitrogen and oxygen atoms in total. The van der Waals surface area contributed by atoms with Gasteiger partial charge in [-0.25, -0.2) is 4.98 Å². The first-order chi connectivity index (χ1) is 9.26. The minimum absolute atomic E-state index is 0.367. The van der Waals surface area contributed by atoms with Crippen molar-refractivity contribution in [1.82, 2.24) is 20.1 Å². The summed E-state index contributed by atoms with van der Waals surface area (Å²) in [6.45, 7) is 1.91. The van der Waals surface area contributed by atoms with Crippen molar-refractivity contribution in [3.8, 4) is 28.9 Å². The van der Waals surface area contributed by atoms with Crippen LogP contribution >= 0.6 is 0 Å². The van der Waals surface area contributed by atoms with Gasteiger partial charge in [0.25, 0.3) is 5.89 Å². The van der Waals surface area contributed by atoms with Gasteiger partial charge in [0.2, 0.25) is 5.82 Å². The largest absolute Gasteiger partial charge is 0.497 e. The molecule has 1 N–H and O–H groups in total. The summed E-state index contributed by atoms with van der Waals surface area (Å²) in [5.41, 5.74) is 1.77. The fraction of sp³-hybridized carbons (Fsp3) is 0.154. The van der Waals surface area contributed by atoms with Crippen LogP contribution in [-0.2, 0) is 0 Å². The fourth-order valence-corrected chi connectivity index (χ4v) is 1.72. The van der Waals surface area contributed by atoms with Crippen LogP contribution in [0.4, 0.5) is 0 Å². The molecule has 0 aliphatic rings. The highest BCUT2D eigenvalue weighted by atomic mass is 16.5. The van der Waals surface area contributed by atoms with Crippen molar-refractivity contribution >= 4 is 0 Å². The molecule has 0 unspecified atom stereocenters. The Kier molecular flexibility index (Phi) is 2.75. The summed E-state index contributed by atoms with van der Waals surface area (Å²) in [5.74, 6) is 2.19. The number of hydrogen-bond acceptors (Lipinski definition) is 5. The van der Waals surface area contributed by atoms with Gasteiger partial charge in [0.15, 0.2) is 5.82 Å². The Balaban J connectivity index is 1.96. The summed E-state index contributed by atoms with van der Waals surface area (Å²) in [4.78, 5) is 11.5. The molecule has 0 radical (unpaired) electrons. The Bertz CT molecular complexity index is 702. The zero-order valence-electron chi connectivity index (χ0n) is 10.5. The van der Waals surface area contributed by atoms with Crippen molar-refractivity contribution < 1.29 is 9.26 Å². The normalized spacial score (nSPS) is 10.6. The summed E-state index contributed by atoms with van der Waals surface area (Å²) >= 11 is 0. The van der Waals surface area contributed by atoms with E-state index in [-0.39, 0.29) is 0 Å². The number of imidazole rings is 1. The van der Waals surface area contributed by atoms with E-state index >= 15 is 0 Å². The van der Waals surface area contributed by atoms with E-state index in [1.165, 1.54) is 0 Å². The van der Waals surface area contributed by atoms with Crippen molar-refractivity contribution in [2.75, 3.05) is 7.11 Å². The van der Waals surface area contributed by atoms with Gasteiger partial charge in [0.05, 0.1) is 7.11 Å². The smallest absolute Gasteiger partial charge is 0.294 e. The van der Waals surface area contributed by atoms with Crippen molar-refractivity contribution in [1.29, 1.82) is 0 Å². The maximum absolute atomic E-state index is 5.20. The van der Waals surface area contributed by atoms with Gasteiger partial charge in [0.1, 0.15) is 5.75 Å². The number of nitrogens with one attached hydrogen (secondary N) is 1. The quantitative estimate of drug-likeness (QED) is 0.778. The molecule has 0 aliphatic carbocycles. The average molecular weight is 256 g/mol. The topological polar surface area (TPSA) is 76.8 Å². The minimum atomic E-state index is 0.367. The first-order valence-corrected chi connectivity index (χ1v) is 5.76. The van der Waals surface area contributed by atoms with E-state index in [2.05, 4.69) is 20.1 Å². The van der Waals surface area contributed by atoms with Gasteiger partial charge in [-0.15, -0.1) is 0 Å². The zero-order valence-corrected chi connectivity index (χ0v) is 10.5. The van der Waals surface area contributed by atoms with Crippen LogP contribution in [0.1, 0.15) is 5.69 Å². The van der Waals surface area contributed by atoms with Gasteiger partial charge in [-0.3, -0.25) is 0 Å². The third-order valence-corrected chi connectivity index (χ3v) is 2.66. The van der Waals surface area contributed by atoms with Crippen molar-refractivity contribution in [2.24, 2.45) is 0 Å². The molecule has 0 aliphatic heterocycles. The molecule has 19 heavy (non-hydrogen) atoms. The van der Waals surface area contributed by atoms with Crippen LogP contribution in [0.5, 0.6) is 5.75 Å². The van der Waals surface area contributed by atoms with Crippen molar-refractivity contribution in [3.05, 3.63) is 36.2 Å². The van der Waals surface area contributed by atoms with Gasteiger partial charge < -0.3 is 14.2 Å². The Hall–Kier alpha value is -2.63. The molecule has 0 amide bonds. The molecule has 2 heterocycles. The number of ether oxygens (including phenoxy) is 1. The minimum Gasteiger partial charge on any atom is -0.497 e. The summed E-state index contributed by atoms with van der Waals surface area (Å²) in [6, 6.07) is 7.48. The molecular formula is C13H12N4O2. The first-order valence-electron chi connectivity index (χ1n) is 5.76. The molecule has 1 aromatic carbocycles. The molecular weight excluding hydrogens is 244 g/mol. The monoisotopic (exact) mass is 256 g/mol. The molecule has 0 atom stereocenters. The van der Waals surface area contributed by atoms with Crippen molar-refractivity contribution in [2.45, 2.75) is 6.92 Å². The lowest BCUT2D eigenvalue weighted by molar-refractivity contribution is 0.414. The van der Waals surface area contributed by atoms with Crippen LogP contribution in [-0.4, -0.2) is 27.2 Å². The average Bonchev–Trinajstić information content (AvgIpc) is 3.07. The van der Waals surface area contributed by atoms with E-state index < -0.39 is 0 Å². The Morgan fingerprint density at radius 1 is 1.32 bits per heavy atom. The number of rotatable bonds is 3. The molecule has 0 fully saturated rings. The van der Waals surface area contributed by atoms with E-state index in [0.717, 1.165) is 17.0 Å². The summed E-state index contributed by atoms with van der Waals surface area (Å²) in [7, 11) is 1.62. The van der Waals surface area contributed by atoms with Crippen LogP contribution in [0, 0.1) is 6.92 Å². The molecule has 2 aromatic heterocycles. The van der Waals surface area contributed by atoms with Crippen LogP contribution in [0.15, 0.2) is 35.0 Å². The van der Waals surface area contributed by atoms with Gasteiger partial charge >= 0.3 is 0 Å². The van der Waals surface area contributed by atoms with E-state index in [1.807, 2.05) is 31.2 Å². The number of hydrogen-bond donors (Lipinski definition) is 1. The van der Waals surface area contributed by atoms with Crippen molar-refractivity contribution in [3.63, 3.8) is 0 Å². The summed E-state index contributed by atoms with van der Waals surface area (Å²) in [5, 5.41) is 3.95. The third kappa shape index (κ3) is 2.20. The summed E-state index contributed by atoms with van der Waals surface area (Å²) < 4.78 is 10.4. The number of aryl methyl sites for hydroxylation is 1. The van der Waals surface area contributed by atoms with E-state index in [9.17, 15) is 0 Å². The number of nitrogens with zero attached hydrogens (tertiary/aromatic N) is 3. The highest BCUT2D eigenvalue weighted by Gasteiger charge is 2.13. The fourth-order valence-electron chi connectivity index (χ4n) is 1.72. The second kappa shape index (κ2) is 4.56. The number of H-pyrrole nitrogens is 1. The molecule has 0 saturated heterocycles. The summed E-state index contributed by atoms with van der Waals surface area (Å²) in [6.07, 6.45) is 1.71. The Morgan fingerprint density at radius 3 is 2.95 bits per heavy atom. The molecule has 96 valence electrons. The van der Waals surface area contributed by atoms with Gasteiger partial charge in [-0.1, -0.05) is 17.3 Å². The van der Waals surface area contributed by atoms with Crippen LogP contribution < -0.4 is 4.74 Å². The second-order valence-corrected chi connectivity index (χ2v) is 4.07. The lowest BCUT2D eigenvalue weighted by atomic mass is 10.2. The highest BCUT2D eigenvalue weighted by molar-refractivity contribution is 5.58. The number of aromatic amines is 1. The maximum Gasteiger partial charge on any atom is 0.294 e. The molecule has 3 rings (SSSR count). The number of benzene rings is 1. The SMILES string of the molecule is COc1cccc(-c2noc(-c3ncc(C)[nH]3)n2)c1. The maximum atomic E-state index is 5.20. The van der Waals surface area contributed by atoms with E-state index in [0.29, 0.717) is 17.5 Å². The van der Waals surface area contributed by atoms with Crippen LogP contribution in [0.25, 0.3) is 23.1 Å². The second-order valence-electron chi connectivity index (χ2n) is 4.07. The van der Waals surface area contributed by atoms with Gasteiger partial charge in [-0.05, 0) is 19.1 Å². The molecule has 0 saturated carbocycles. The first kappa shape index (κ1) is 11.5. The zero-order chi connectivity index (χ0) is 13.2. The van der Waals surface area contributed by atoms with E-state index in [4.69, 9.17) is 9.26 Å². The molecule has 0 spiro atoms. The third-order valence-electron chi connectivity index (χ3n) is 2.66. The number of aromatic nitrogens is 4. The Labute approximate surface area is 109 Å². The molecule has 3 aromatic rings. The standard InChI is InChI=1S/C13H12N4O2/c1-8-7-14-12(15-8)13-16-11(17-19-13)9-4-3-5-10(6-9)18-2/h3-7H,1-2H3,(H,14,15). The predicted molar refractivity (Wildman–Crippen MR) is 68.6 cm³/mol. The highest BCUT2D eigenvalue weighted by Crippen LogP contribution is 2.23. The number of methoxy groups -OCH3 is 1. The molecule has 0 bridgehead atoms. The lowest BCUT2D eigenvalue weighted by Gasteiger charge is -1.99. The predicted octanol–water partition coefficient (Wildman–Crippen LogP) is 2.44. The lowest BCUT2D eigenvalue weighted by Crippen LogP contribution is -1.85. The van der Waals surface area contributed by atoms with Crippen LogP contribution in [0.3, 0.4) is 0 Å². The van der Waals surface area contributed by atoms with Gasteiger partial charge in [0, 0.05) is 17.5 Å². The van der Waals surface area contributed by atoms with Gasteiger partial charge in [-0.2, -0.15) is 4.98 Å². The van der Waals surface area contributed by atoms with Crippen LogP contribution in [0.2, 0.25) is 0 Å².